The van der Waals surface area contributed by atoms with E-state index in [1.54, 1.807) is 0 Å². The molecule has 0 amide bonds. The molecule has 5 nitrogen and oxygen atoms in total. The molecule has 1 unspecified atom stereocenters. The van der Waals surface area contributed by atoms with Crippen LogP contribution in [0, 0.1) is 0 Å². The first-order chi connectivity index (χ1) is 11.5. The average molecular weight is 400 g/mol. The Kier molecular flexibility index (Phi) is 6.37. The third-order valence-corrected chi connectivity index (χ3v) is 6.18. The van der Waals surface area contributed by atoms with Crippen LogP contribution in [0.1, 0.15) is 12.5 Å². The van der Waals surface area contributed by atoms with Crippen molar-refractivity contribution in [1.29, 1.82) is 0 Å². The van der Waals surface area contributed by atoms with Crippen molar-refractivity contribution in [1.82, 2.24) is 14.5 Å². The van der Waals surface area contributed by atoms with Crippen LogP contribution in [0.4, 0.5) is 13.2 Å². The zero-order valence-electron chi connectivity index (χ0n) is 14.0. The Labute approximate surface area is 150 Å². The smallest absolute Gasteiger partial charge is 0.304 e. The van der Waals surface area contributed by atoms with Gasteiger partial charge in [0, 0.05) is 38.8 Å². The van der Waals surface area contributed by atoms with E-state index in [0.717, 1.165) is 38.3 Å². The quantitative estimate of drug-likeness (QED) is 0.825. The predicted octanol–water partition coefficient (Wildman–Crippen LogP) is 2.27. The van der Waals surface area contributed by atoms with Crippen molar-refractivity contribution < 1.29 is 21.6 Å². The Morgan fingerprint density at radius 3 is 2.40 bits per heavy atom. The summed E-state index contributed by atoms with van der Waals surface area (Å²) >= 11 is 5.81. The van der Waals surface area contributed by atoms with Crippen LogP contribution in [0.25, 0.3) is 0 Å². The number of likely N-dealkylation sites (N-methyl/N-ethyl adjacent to an activating group) is 1. The molecule has 1 fully saturated rings. The highest BCUT2D eigenvalue weighted by atomic mass is 35.5. The fourth-order valence-corrected chi connectivity index (χ4v) is 4.23. The molecular formula is C15H21ClF3N3O2S. The molecule has 1 aromatic carbocycles. The van der Waals surface area contributed by atoms with Gasteiger partial charge < -0.3 is 4.90 Å². The minimum atomic E-state index is -4.64. The summed E-state index contributed by atoms with van der Waals surface area (Å²) < 4.78 is 65.6. The summed E-state index contributed by atoms with van der Waals surface area (Å²) in [6.07, 6.45) is -4.64. The highest BCUT2D eigenvalue weighted by Gasteiger charge is 2.33. The molecule has 1 atom stereocenters. The van der Waals surface area contributed by atoms with Crippen LogP contribution in [0.3, 0.4) is 0 Å². The van der Waals surface area contributed by atoms with E-state index in [4.69, 9.17) is 11.6 Å². The molecule has 142 valence electrons. The van der Waals surface area contributed by atoms with E-state index in [0.29, 0.717) is 6.07 Å². The van der Waals surface area contributed by atoms with Gasteiger partial charge in [-0.25, -0.2) is 13.1 Å². The summed E-state index contributed by atoms with van der Waals surface area (Å²) in [4.78, 5) is 3.75. The van der Waals surface area contributed by atoms with Crippen LogP contribution in [-0.4, -0.2) is 64.0 Å². The van der Waals surface area contributed by atoms with Gasteiger partial charge >= 0.3 is 6.18 Å². The lowest BCUT2D eigenvalue weighted by Gasteiger charge is -2.36. The van der Waals surface area contributed by atoms with Gasteiger partial charge in [0.15, 0.2) is 0 Å². The summed E-state index contributed by atoms with van der Waals surface area (Å²) in [5.74, 6) is 0. The zero-order chi connectivity index (χ0) is 18.8. The molecule has 10 heteroatoms. The summed E-state index contributed by atoms with van der Waals surface area (Å²) in [5.41, 5.74) is -1.05. The van der Waals surface area contributed by atoms with Gasteiger partial charge in [0.1, 0.15) is 4.90 Å². The molecule has 1 N–H and O–H groups in total. The normalized spacial score (nSPS) is 19.1. The van der Waals surface area contributed by atoms with Crippen molar-refractivity contribution in [3.8, 4) is 0 Å². The maximum Gasteiger partial charge on any atom is 0.416 e. The number of nitrogens with one attached hydrogen (secondary N) is 1. The Balaban J connectivity index is 2.09. The molecule has 1 saturated heterocycles. The van der Waals surface area contributed by atoms with Crippen LogP contribution in [0.2, 0.25) is 5.02 Å². The molecule has 2 rings (SSSR count). The second-order valence-electron chi connectivity index (χ2n) is 6.18. The number of rotatable bonds is 5. The van der Waals surface area contributed by atoms with Gasteiger partial charge in [-0.3, -0.25) is 4.90 Å². The molecule has 0 aliphatic carbocycles. The van der Waals surface area contributed by atoms with Crippen LogP contribution < -0.4 is 4.72 Å². The van der Waals surface area contributed by atoms with E-state index < -0.39 is 26.7 Å². The predicted molar refractivity (Wildman–Crippen MR) is 90.2 cm³/mol. The average Bonchev–Trinajstić information content (AvgIpc) is 2.52. The SMILES string of the molecule is CC(CNS(=O)(=O)c1cc(C(F)(F)F)ccc1Cl)N1CCN(C)CC1. The molecule has 1 aromatic rings. The fourth-order valence-electron chi connectivity index (χ4n) is 2.59. The van der Waals surface area contributed by atoms with E-state index in [2.05, 4.69) is 14.5 Å². The first-order valence-electron chi connectivity index (χ1n) is 7.80. The number of piperazine rings is 1. The zero-order valence-corrected chi connectivity index (χ0v) is 15.5. The summed E-state index contributed by atoms with van der Waals surface area (Å²) in [6, 6.07) is 2.19. The third kappa shape index (κ3) is 5.30. The van der Waals surface area contributed by atoms with Gasteiger partial charge in [0.25, 0.3) is 0 Å². The van der Waals surface area contributed by atoms with Gasteiger partial charge in [-0.1, -0.05) is 11.6 Å². The first-order valence-corrected chi connectivity index (χ1v) is 9.66. The van der Waals surface area contributed by atoms with Crippen molar-refractivity contribution in [3.63, 3.8) is 0 Å². The van der Waals surface area contributed by atoms with E-state index in [9.17, 15) is 21.6 Å². The minimum Gasteiger partial charge on any atom is -0.304 e. The Morgan fingerprint density at radius 1 is 1.24 bits per heavy atom. The van der Waals surface area contributed by atoms with Gasteiger partial charge in [0.05, 0.1) is 10.6 Å². The van der Waals surface area contributed by atoms with E-state index in [-0.39, 0.29) is 17.6 Å². The van der Waals surface area contributed by atoms with Crippen molar-refractivity contribution in [2.75, 3.05) is 39.8 Å². The molecule has 0 aromatic heterocycles. The Bertz CT molecular complexity index is 704. The van der Waals surface area contributed by atoms with Crippen molar-refractivity contribution in [2.45, 2.75) is 24.0 Å². The summed E-state index contributed by atoms with van der Waals surface area (Å²) in [5, 5.41) is -0.243. The number of sulfonamides is 1. The molecule has 0 radical (unpaired) electrons. The van der Waals surface area contributed by atoms with Gasteiger partial charge in [-0.2, -0.15) is 13.2 Å². The number of hydrogen-bond acceptors (Lipinski definition) is 4. The second kappa shape index (κ2) is 7.79. The van der Waals surface area contributed by atoms with Crippen molar-refractivity contribution in [3.05, 3.63) is 28.8 Å². The largest absolute Gasteiger partial charge is 0.416 e. The highest BCUT2D eigenvalue weighted by molar-refractivity contribution is 7.89. The van der Waals surface area contributed by atoms with E-state index in [1.807, 2.05) is 14.0 Å². The molecular weight excluding hydrogens is 379 g/mol. The maximum absolute atomic E-state index is 12.8. The third-order valence-electron chi connectivity index (χ3n) is 4.28. The van der Waals surface area contributed by atoms with Crippen molar-refractivity contribution >= 4 is 21.6 Å². The van der Waals surface area contributed by atoms with Gasteiger partial charge in [0.2, 0.25) is 10.0 Å². The molecule has 1 heterocycles. The van der Waals surface area contributed by atoms with Crippen LogP contribution in [-0.2, 0) is 16.2 Å². The minimum absolute atomic E-state index is 0.0759. The molecule has 0 bridgehead atoms. The van der Waals surface area contributed by atoms with Crippen LogP contribution in [0.15, 0.2) is 23.1 Å². The topological polar surface area (TPSA) is 52.7 Å². The molecule has 25 heavy (non-hydrogen) atoms. The lowest BCUT2D eigenvalue weighted by atomic mass is 10.2. The summed E-state index contributed by atoms with van der Waals surface area (Å²) in [7, 11) is -2.12. The number of halogens is 4. The molecule has 1 aliphatic heterocycles. The Morgan fingerprint density at radius 2 is 1.84 bits per heavy atom. The number of benzene rings is 1. The van der Waals surface area contributed by atoms with Gasteiger partial charge in [-0.05, 0) is 32.2 Å². The number of alkyl halides is 3. The lowest BCUT2D eigenvalue weighted by molar-refractivity contribution is -0.137. The first kappa shape index (κ1) is 20.4. The molecule has 1 aliphatic rings. The number of hydrogen-bond donors (Lipinski definition) is 1. The van der Waals surface area contributed by atoms with Crippen molar-refractivity contribution in [2.24, 2.45) is 0 Å². The lowest BCUT2D eigenvalue weighted by Crippen LogP contribution is -2.51. The monoisotopic (exact) mass is 399 g/mol. The van der Waals surface area contributed by atoms with Gasteiger partial charge in [-0.15, -0.1) is 0 Å². The Hall–Kier alpha value is -0.870. The number of nitrogens with zero attached hydrogens (tertiary/aromatic N) is 2. The van der Waals surface area contributed by atoms with Crippen LogP contribution in [0.5, 0.6) is 0 Å². The standard InChI is InChI=1S/C15H21ClF3N3O2S/c1-11(22-7-5-21(2)6-8-22)10-20-25(23,24)14-9-12(15(17,18)19)3-4-13(14)16/h3-4,9,11,20H,5-8,10H2,1-2H3. The maximum atomic E-state index is 12.8. The summed E-state index contributed by atoms with van der Waals surface area (Å²) in [6.45, 7) is 5.36. The van der Waals surface area contributed by atoms with E-state index >= 15 is 0 Å². The fraction of sp³-hybridized carbons (Fsp3) is 0.600. The molecule has 0 spiro atoms. The van der Waals surface area contributed by atoms with E-state index in [1.165, 1.54) is 0 Å². The van der Waals surface area contributed by atoms with Crippen LogP contribution >= 0.6 is 11.6 Å². The highest BCUT2D eigenvalue weighted by Crippen LogP contribution is 2.33. The molecule has 0 saturated carbocycles. The second-order valence-corrected chi connectivity index (χ2v) is 8.33.